The van der Waals surface area contributed by atoms with E-state index < -0.39 is 11.7 Å². The van der Waals surface area contributed by atoms with Gasteiger partial charge in [0.25, 0.3) is 0 Å². The van der Waals surface area contributed by atoms with Gasteiger partial charge in [0, 0.05) is 18.3 Å². The van der Waals surface area contributed by atoms with Crippen LogP contribution in [0.3, 0.4) is 0 Å². The van der Waals surface area contributed by atoms with E-state index in [0.717, 1.165) is 12.3 Å². The van der Waals surface area contributed by atoms with Crippen LogP contribution in [0, 0.1) is 0 Å². The minimum absolute atomic E-state index is 0.163. The second kappa shape index (κ2) is 7.73. The summed E-state index contributed by atoms with van der Waals surface area (Å²) in [6, 6.07) is 5.41. The van der Waals surface area contributed by atoms with Crippen LogP contribution in [0.15, 0.2) is 35.6 Å². The van der Waals surface area contributed by atoms with E-state index in [-0.39, 0.29) is 5.82 Å². The van der Waals surface area contributed by atoms with Gasteiger partial charge in [0.15, 0.2) is 0 Å². The van der Waals surface area contributed by atoms with E-state index in [0.29, 0.717) is 22.8 Å². The van der Waals surface area contributed by atoms with Crippen LogP contribution in [-0.4, -0.2) is 32.5 Å². The SMILES string of the molecule is COc1cc(OC)c(/C=N/Nc2ccc(C(F)(F)F)cn2)c(OC)c1. The average Bonchev–Trinajstić information content (AvgIpc) is 2.61. The van der Waals surface area contributed by atoms with Gasteiger partial charge in [-0.25, -0.2) is 4.98 Å². The standard InChI is InChI=1S/C16H16F3N3O3/c1-23-11-6-13(24-2)12(14(7-11)25-3)9-21-22-15-5-4-10(8-20-15)16(17,18)19/h4-9H,1-3H3,(H,20,22)/b21-9+. The summed E-state index contributed by atoms with van der Waals surface area (Å²) < 4.78 is 53.2. The lowest BCUT2D eigenvalue weighted by molar-refractivity contribution is -0.137. The van der Waals surface area contributed by atoms with Crippen LogP contribution in [0.4, 0.5) is 19.0 Å². The van der Waals surface area contributed by atoms with Gasteiger partial charge in [0.1, 0.15) is 23.1 Å². The van der Waals surface area contributed by atoms with Crippen LogP contribution >= 0.6 is 0 Å². The summed E-state index contributed by atoms with van der Waals surface area (Å²) in [5, 5.41) is 3.96. The molecule has 0 aliphatic rings. The molecule has 134 valence electrons. The molecular formula is C16H16F3N3O3. The molecule has 0 unspecified atom stereocenters. The minimum Gasteiger partial charge on any atom is -0.496 e. The third kappa shape index (κ3) is 4.52. The molecule has 0 bridgehead atoms. The maximum atomic E-state index is 12.5. The number of hydrogen-bond donors (Lipinski definition) is 1. The number of nitrogens with zero attached hydrogens (tertiary/aromatic N) is 2. The lowest BCUT2D eigenvalue weighted by Gasteiger charge is -2.12. The number of nitrogens with one attached hydrogen (secondary N) is 1. The third-order valence-corrected chi connectivity index (χ3v) is 3.22. The lowest BCUT2D eigenvalue weighted by atomic mass is 10.2. The van der Waals surface area contributed by atoms with E-state index in [4.69, 9.17) is 14.2 Å². The molecule has 9 heteroatoms. The van der Waals surface area contributed by atoms with Gasteiger partial charge in [-0.2, -0.15) is 18.3 Å². The highest BCUT2D eigenvalue weighted by molar-refractivity contribution is 5.88. The van der Waals surface area contributed by atoms with Crippen LogP contribution in [-0.2, 0) is 6.18 Å². The van der Waals surface area contributed by atoms with E-state index >= 15 is 0 Å². The zero-order chi connectivity index (χ0) is 18.4. The Morgan fingerprint density at radius 2 is 1.68 bits per heavy atom. The molecule has 1 heterocycles. The first kappa shape index (κ1) is 18.4. The Kier molecular flexibility index (Phi) is 5.68. The molecular weight excluding hydrogens is 339 g/mol. The molecule has 0 aliphatic carbocycles. The number of benzene rings is 1. The summed E-state index contributed by atoms with van der Waals surface area (Å²) in [6.07, 6.45) is -2.29. The lowest BCUT2D eigenvalue weighted by Crippen LogP contribution is -2.05. The van der Waals surface area contributed by atoms with Gasteiger partial charge in [-0.3, -0.25) is 5.43 Å². The van der Waals surface area contributed by atoms with Gasteiger partial charge < -0.3 is 14.2 Å². The predicted molar refractivity (Wildman–Crippen MR) is 86.6 cm³/mol. The number of aromatic nitrogens is 1. The fourth-order valence-electron chi connectivity index (χ4n) is 1.95. The summed E-state index contributed by atoms with van der Waals surface area (Å²) in [7, 11) is 4.48. The van der Waals surface area contributed by atoms with Crippen LogP contribution in [0.1, 0.15) is 11.1 Å². The molecule has 2 aromatic rings. The van der Waals surface area contributed by atoms with Crippen LogP contribution in [0.5, 0.6) is 17.2 Å². The smallest absolute Gasteiger partial charge is 0.417 e. The van der Waals surface area contributed by atoms with Crippen molar-refractivity contribution >= 4 is 12.0 Å². The van der Waals surface area contributed by atoms with Crippen LogP contribution in [0.25, 0.3) is 0 Å². The number of pyridine rings is 1. The molecule has 0 amide bonds. The molecule has 0 saturated carbocycles. The predicted octanol–water partition coefficient (Wildman–Crippen LogP) is 3.57. The first-order valence-corrected chi connectivity index (χ1v) is 7.01. The Morgan fingerprint density at radius 1 is 1.04 bits per heavy atom. The minimum atomic E-state index is -4.43. The zero-order valence-electron chi connectivity index (χ0n) is 13.7. The number of methoxy groups -OCH3 is 3. The van der Waals surface area contributed by atoms with E-state index in [1.165, 1.54) is 33.6 Å². The molecule has 6 nitrogen and oxygen atoms in total. The van der Waals surface area contributed by atoms with Crippen molar-refractivity contribution < 1.29 is 27.4 Å². The molecule has 0 atom stereocenters. The molecule has 1 aromatic carbocycles. The number of hydrazone groups is 1. The molecule has 1 N–H and O–H groups in total. The first-order valence-electron chi connectivity index (χ1n) is 7.01. The summed E-state index contributed by atoms with van der Waals surface area (Å²) in [5.74, 6) is 1.63. The molecule has 0 fully saturated rings. The molecule has 2 rings (SSSR count). The van der Waals surface area contributed by atoms with E-state index in [9.17, 15) is 13.2 Å². The monoisotopic (exact) mass is 355 g/mol. The second-order valence-electron chi connectivity index (χ2n) is 4.75. The Morgan fingerprint density at radius 3 is 2.12 bits per heavy atom. The van der Waals surface area contributed by atoms with Gasteiger partial charge in [0.05, 0.1) is 38.7 Å². The van der Waals surface area contributed by atoms with Crippen molar-refractivity contribution in [3.05, 3.63) is 41.6 Å². The molecule has 1 aromatic heterocycles. The summed E-state index contributed by atoms with van der Waals surface area (Å²) in [6.45, 7) is 0. The van der Waals surface area contributed by atoms with Crippen molar-refractivity contribution in [1.29, 1.82) is 0 Å². The van der Waals surface area contributed by atoms with Gasteiger partial charge in [0.2, 0.25) is 0 Å². The maximum absolute atomic E-state index is 12.5. The second-order valence-corrected chi connectivity index (χ2v) is 4.75. The topological polar surface area (TPSA) is 65.0 Å². The van der Waals surface area contributed by atoms with Crippen LogP contribution in [0.2, 0.25) is 0 Å². The Labute approximate surface area is 142 Å². The highest BCUT2D eigenvalue weighted by atomic mass is 19.4. The van der Waals surface area contributed by atoms with Crippen molar-refractivity contribution in [3.63, 3.8) is 0 Å². The fourth-order valence-corrected chi connectivity index (χ4v) is 1.95. The zero-order valence-corrected chi connectivity index (χ0v) is 13.7. The van der Waals surface area contributed by atoms with Crippen LogP contribution < -0.4 is 19.6 Å². The number of anilines is 1. The Balaban J connectivity index is 2.19. The van der Waals surface area contributed by atoms with Gasteiger partial charge in [-0.15, -0.1) is 0 Å². The number of ether oxygens (including phenoxy) is 3. The number of alkyl halides is 3. The summed E-state index contributed by atoms with van der Waals surface area (Å²) in [5.41, 5.74) is 2.25. The Bertz CT molecular complexity index is 722. The van der Waals surface area contributed by atoms with Gasteiger partial charge in [-0.1, -0.05) is 0 Å². The third-order valence-electron chi connectivity index (χ3n) is 3.22. The highest BCUT2D eigenvalue weighted by Crippen LogP contribution is 2.32. The van der Waals surface area contributed by atoms with Crippen molar-refractivity contribution in [3.8, 4) is 17.2 Å². The molecule has 25 heavy (non-hydrogen) atoms. The van der Waals surface area contributed by atoms with Gasteiger partial charge >= 0.3 is 6.18 Å². The highest BCUT2D eigenvalue weighted by Gasteiger charge is 2.30. The maximum Gasteiger partial charge on any atom is 0.417 e. The average molecular weight is 355 g/mol. The van der Waals surface area contributed by atoms with E-state index in [1.54, 1.807) is 12.1 Å². The summed E-state index contributed by atoms with van der Waals surface area (Å²) >= 11 is 0. The van der Waals surface area contributed by atoms with E-state index in [1.807, 2.05) is 0 Å². The molecule has 0 spiro atoms. The summed E-state index contributed by atoms with van der Waals surface area (Å²) in [4.78, 5) is 3.66. The van der Waals surface area contributed by atoms with E-state index in [2.05, 4.69) is 15.5 Å². The number of halogens is 3. The fraction of sp³-hybridized carbons (Fsp3) is 0.250. The first-order chi connectivity index (χ1) is 11.9. The Hall–Kier alpha value is -2.97. The normalized spacial score (nSPS) is 11.4. The molecule has 0 saturated heterocycles. The van der Waals surface area contributed by atoms with Gasteiger partial charge in [-0.05, 0) is 12.1 Å². The van der Waals surface area contributed by atoms with Crippen molar-refractivity contribution in [2.24, 2.45) is 5.10 Å². The number of hydrogen-bond acceptors (Lipinski definition) is 6. The van der Waals surface area contributed by atoms with Crippen molar-refractivity contribution in [1.82, 2.24) is 4.98 Å². The molecule has 0 aliphatic heterocycles. The van der Waals surface area contributed by atoms with Crippen molar-refractivity contribution in [2.75, 3.05) is 26.8 Å². The number of rotatable bonds is 6. The molecule has 0 radical (unpaired) electrons. The largest absolute Gasteiger partial charge is 0.496 e. The van der Waals surface area contributed by atoms with Crippen molar-refractivity contribution in [2.45, 2.75) is 6.18 Å². The quantitative estimate of drug-likeness (QED) is 0.634.